The van der Waals surface area contributed by atoms with E-state index in [9.17, 15) is 9.18 Å². The zero-order valence-corrected chi connectivity index (χ0v) is 15.0. The molecule has 1 fully saturated rings. The molecule has 2 aromatic heterocycles. The number of nitrogens with zero attached hydrogens (tertiary/aromatic N) is 2. The first kappa shape index (κ1) is 16.7. The van der Waals surface area contributed by atoms with Crippen LogP contribution in [0.15, 0.2) is 48.7 Å². The smallest absolute Gasteiger partial charge is 0.224 e. The van der Waals surface area contributed by atoms with Crippen LogP contribution in [0.2, 0.25) is 0 Å². The summed E-state index contributed by atoms with van der Waals surface area (Å²) in [5, 5.41) is 9.96. The molecule has 1 aliphatic carbocycles. The maximum Gasteiger partial charge on any atom is 0.224 e. The van der Waals surface area contributed by atoms with Crippen molar-refractivity contribution < 1.29 is 9.18 Å². The summed E-state index contributed by atoms with van der Waals surface area (Å²) in [5.41, 5.74) is 4.26. The normalized spacial score (nSPS) is 13.8. The van der Waals surface area contributed by atoms with Gasteiger partial charge in [-0.15, -0.1) is 0 Å². The summed E-state index contributed by atoms with van der Waals surface area (Å²) in [6.45, 7) is 0. The van der Waals surface area contributed by atoms with Gasteiger partial charge in [-0.3, -0.25) is 9.89 Å². The van der Waals surface area contributed by atoms with E-state index in [1.165, 1.54) is 12.1 Å². The fourth-order valence-corrected chi connectivity index (χ4v) is 3.38. The molecule has 0 atom stereocenters. The van der Waals surface area contributed by atoms with Gasteiger partial charge < -0.3 is 10.3 Å². The van der Waals surface area contributed by atoms with Crippen LogP contribution < -0.4 is 5.32 Å². The number of nitrogens with one attached hydrogen (secondary N) is 3. The summed E-state index contributed by atoms with van der Waals surface area (Å²) < 4.78 is 13.7. The highest BCUT2D eigenvalue weighted by atomic mass is 19.1. The van der Waals surface area contributed by atoms with E-state index in [1.54, 1.807) is 12.3 Å². The molecular weight excluding hydrogens is 357 g/mol. The summed E-state index contributed by atoms with van der Waals surface area (Å²) in [7, 11) is 0. The summed E-state index contributed by atoms with van der Waals surface area (Å²) in [5.74, 6) is 0.747. The lowest BCUT2D eigenvalue weighted by Crippen LogP contribution is -2.12. The van der Waals surface area contributed by atoms with E-state index in [-0.39, 0.29) is 11.7 Å². The second-order valence-corrected chi connectivity index (χ2v) is 7.14. The van der Waals surface area contributed by atoms with Gasteiger partial charge in [0.1, 0.15) is 5.82 Å². The van der Waals surface area contributed by atoms with Gasteiger partial charge in [-0.25, -0.2) is 9.37 Å². The van der Waals surface area contributed by atoms with E-state index in [0.717, 1.165) is 35.0 Å². The molecule has 0 bridgehead atoms. The molecule has 7 heteroatoms. The topological polar surface area (TPSA) is 86.5 Å². The number of H-pyrrole nitrogens is 2. The van der Waals surface area contributed by atoms with E-state index >= 15 is 0 Å². The van der Waals surface area contributed by atoms with Crippen molar-refractivity contribution in [2.75, 3.05) is 5.32 Å². The number of hydrogen-bond donors (Lipinski definition) is 3. The molecule has 4 aromatic rings. The summed E-state index contributed by atoms with van der Waals surface area (Å²) >= 11 is 0. The summed E-state index contributed by atoms with van der Waals surface area (Å²) in [6.07, 6.45) is 4.44. The van der Waals surface area contributed by atoms with Crippen molar-refractivity contribution in [3.05, 3.63) is 54.5 Å². The van der Waals surface area contributed by atoms with Crippen LogP contribution in [0.5, 0.6) is 0 Å². The first-order chi connectivity index (χ1) is 13.7. The van der Waals surface area contributed by atoms with Gasteiger partial charge in [0.2, 0.25) is 5.91 Å². The Balaban J connectivity index is 1.52. The average Bonchev–Trinajstić information content (AvgIpc) is 3.20. The molecule has 0 saturated heterocycles. The predicted molar refractivity (Wildman–Crippen MR) is 105 cm³/mol. The Morgan fingerprint density at radius 3 is 2.89 bits per heavy atom. The highest BCUT2D eigenvalue weighted by Gasteiger charge is 2.25. The second-order valence-electron chi connectivity index (χ2n) is 7.14. The SMILES string of the molecule is O=C(CC1CC1)Nc1c[nH]nc1-c1nc2c(-c3cccc(F)c3)cccc2[nH]1. The zero-order valence-electron chi connectivity index (χ0n) is 15.0. The standard InChI is InChI=1S/C21H18FN5O/c22-14-4-1-3-13(10-14)15-5-2-6-16-19(15)26-21(25-16)20-17(11-23-27-20)24-18(28)9-12-7-8-12/h1-6,10-12H,7-9H2,(H,23,27)(H,24,28)(H,25,26). The molecule has 0 spiro atoms. The van der Waals surface area contributed by atoms with Crippen molar-refractivity contribution >= 4 is 22.6 Å². The van der Waals surface area contributed by atoms with E-state index in [1.807, 2.05) is 24.3 Å². The van der Waals surface area contributed by atoms with Gasteiger partial charge in [-0.1, -0.05) is 24.3 Å². The molecule has 5 rings (SSSR count). The Labute approximate surface area is 160 Å². The molecule has 0 unspecified atom stereocenters. The van der Waals surface area contributed by atoms with E-state index in [4.69, 9.17) is 4.98 Å². The number of halogens is 1. The molecule has 3 N–H and O–H groups in total. The molecule has 0 aliphatic heterocycles. The third-order valence-electron chi connectivity index (χ3n) is 4.96. The van der Waals surface area contributed by atoms with Gasteiger partial charge in [0.15, 0.2) is 11.5 Å². The van der Waals surface area contributed by atoms with Gasteiger partial charge in [-0.2, -0.15) is 5.10 Å². The zero-order chi connectivity index (χ0) is 19.1. The minimum atomic E-state index is -0.293. The molecule has 2 heterocycles. The van der Waals surface area contributed by atoms with Crippen molar-refractivity contribution in [2.45, 2.75) is 19.3 Å². The second kappa shape index (κ2) is 6.60. The van der Waals surface area contributed by atoms with Crippen molar-refractivity contribution in [3.8, 4) is 22.6 Å². The van der Waals surface area contributed by atoms with Crippen LogP contribution in [0.25, 0.3) is 33.7 Å². The quantitative estimate of drug-likeness (QED) is 0.480. The number of amides is 1. The molecule has 2 aromatic carbocycles. The molecule has 1 amide bonds. The van der Waals surface area contributed by atoms with Crippen LogP contribution in [-0.4, -0.2) is 26.1 Å². The van der Waals surface area contributed by atoms with Crippen LogP contribution in [0.3, 0.4) is 0 Å². The minimum absolute atomic E-state index is 0.0123. The van der Waals surface area contributed by atoms with Gasteiger partial charge in [0.05, 0.1) is 16.7 Å². The van der Waals surface area contributed by atoms with E-state index in [2.05, 4.69) is 20.5 Å². The largest absolute Gasteiger partial charge is 0.336 e. The van der Waals surface area contributed by atoms with Crippen molar-refractivity contribution in [1.29, 1.82) is 0 Å². The molecule has 140 valence electrons. The van der Waals surface area contributed by atoms with E-state index in [0.29, 0.717) is 29.5 Å². The summed E-state index contributed by atoms with van der Waals surface area (Å²) in [6, 6.07) is 12.1. The van der Waals surface area contributed by atoms with Crippen LogP contribution in [0.4, 0.5) is 10.1 Å². The van der Waals surface area contributed by atoms with Gasteiger partial charge in [0, 0.05) is 18.2 Å². The number of carbonyl (C=O) groups is 1. The van der Waals surface area contributed by atoms with E-state index < -0.39 is 0 Å². The number of aromatic nitrogens is 4. The number of carbonyl (C=O) groups excluding carboxylic acids is 1. The predicted octanol–water partition coefficient (Wildman–Crippen LogP) is 4.50. The minimum Gasteiger partial charge on any atom is -0.336 e. The molecule has 28 heavy (non-hydrogen) atoms. The van der Waals surface area contributed by atoms with Crippen LogP contribution in [0.1, 0.15) is 19.3 Å². The number of anilines is 1. The summed E-state index contributed by atoms with van der Waals surface area (Å²) in [4.78, 5) is 20.1. The van der Waals surface area contributed by atoms with Crippen LogP contribution >= 0.6 is 0 Å². The Bertz CT molecular complexity index is 1170. The Morgan fingerprint density at radius 1 is 1.21 bits per heavy atom. The molecular formula is C21H18FN5O. The number of aromatic amines is 2. The third kappa shape index (κ3) is 3.15. The average molecular weight is 375 g/mol. The highest BCUT2D eigenvalue weighted by Crippen LogP contribution is 2.34. The monoisotopic (exact) mass is 375 g/mol. The fraction of sp³-hybridized carbons (Fsp3) is 0.190. The van der Waals surface area contributed by atoms with Crippen molar-refractivity contribution in [3.63, 3.8) is 0 Å². The maximum absolute atomic E-state index is 13.7. The lowest BCUT2D eigenvalue weighted by atomic mass is 10.0. The molecule has 0 radical (unpaired) electrons. The number of imidazole rings is 1. The number of fused-ring (bicyclic) bond motifs is 1. The van der Waals surface area contributed by atoms with Gasteiger partial charge in [-0.05, 0) is 42.5 Å². The Morgan fingerprint density at radius 2 is 2.07 bits per heavy atom. The molecule has 1 aliphatic rings. The van der Waals surface area contributed by atoms with Gasteiger partial charge in [0.25, 0.3) is 0 Å². The molecule has 1 saturated carbocycles. The lowest BCUT2D eigenvalue weighted by molar-refractivity contribution is -0.116. The number of rotatable bonds is 5. The van der Waals surface area contributed by atoms with Crippen LogP contribution in [0, 0.1) is 11.7 Å². The fourth-order valence-electron chi connectivity index (χ4n) is 3.38. The Hall–Kier alpha value is -3.48. The van der Waals surface area contributed by atoms with Gasteiger partial charge >= 0.3 is 0 Å². The number of hydrogen-bond acceptors (Lipinski definition) is 3. The first-order valence-electron chi connectivity index (χ1n) is 9.26. The lowest BCUT2D eigenvalue weighted by Gasteiger charge is -2.03. The Kier molecular flexibility index (Phi) is 3.93. The highest BCUT2D eigenvalue weighted by molar-refractivity contribution is 5.97. The van der Waals surface area contributed by atoms with Crippen molar-refractivity contribution in [2.24, 2.45) is 5.92 Å². The van der Waals surface area contributed by atoms with Crippen molar-refractivity contribution in [1.82, 2.24) is 20.2 Å². The molecule has 6 nitrogen and oxygen atoms in total. The number of benzene rings is 2. The first-order valence-corrected chi connectivity index (χ1v) is 9.26. The third-order valence-corrected chi connectivity index (χ3v) is 4.96. The van der Waals surface area contributed by atoms with Crippen LogP contribution in [-0.2, 0) is 4.79 Å². The maximum atomic E-state index is 13.7. The number of para-hydroxylation sites is 1.